The van der Waals surface area contributed by atoms with E-state index in [1.54, 1.807) is 0 Å². The second-order valence-electron chi connectivity index (χ2n) is 7.43. The van der Waals surface area contributed by atoms with Crippen LogP contribution >= 0.6 is 34.8 Å². The molecule has 5 atom stereocenters. The van der Waals surface area contributed by atoms with E-state index in [2.05, 4.69) is 0 Å². The van der Waals surface area contributed by atoms with E-state index in [1.165, 1.54) is 7.11 Å². The number of nitrogens with one attached hydrogen (secondary N) is 1. The van der Waals surface area contributed by atoms with Gasteiger partial charge in [0, 0.05) is 7.11 Å². The summed E-state index contributed by atoms with van der Waals surface area (Å²) in [5.74, 6) is -0.582. The Kier molecular flexibility index (Phi) is 9.79. The third-order valence-electron chi connectivity index (χ3n) is 5.07. The van der Waals surface area contributed by atoms with Gasteiger partial charge in [-0.1, -0.05) is 95.5 Å². The smallest absolute Gasteiger partial charge is 0.265 e. The molecule has 0 radical (unpaired) electrons. The SMILES string of the molecule is CO[C@H]1O[C@H](COC(=N)C(Cl)(Cl)Cl)[C@@H](O)[C@H](OCc2ccccc2)[C@@H]1OCc1ccccc1. The van der Waals surface area contributed by atoms with Crippen LogP contribution in [0, 0.1) is 5.41 Å². The summed E-state index contributed by atoms with van der Waals surface area (Å²) in [5.41, 5.74) is 1.88. The lowest BCUT2D eigenvalue weighted by atomic mass is 9.98. The van der Waals surface area contributed by atoms with Crippen LogP contribution in [0.4, 0.5) is 0 Å². The minimum absolute atomic E-state index is 0.238. The number of hydrogen-bond acceptors (Lipinski definition) is 7. The van der Waals surface area contributed by atoms with Crippen LogP contribution in [0.25, 0.3) is 0 Å². The van der Waals surface area contributed by atoms with Gasteiger partial charge in [-0.2, -0.15) is 0 Å². The molecule has 1 aliphatic heterocycles. The number of ether oxygens (including phenoxy) is 5. The predicted molar refractivity (Wildman–Crippen MR) is 126 cm³/mol. The summed E-state index contributed by atoms with van der Waals surface area (Å²) in [7, 11) is 1.47. The van der Waals surface area contributed by atoms with Gasteiger partial charge in [0.05, 0.1) is 13.2 Å². The van der Waals surface area contributed by atoms with Gasteiger partial charge in [-0.3, -0.25) is 5.41 Å². The number of aliphatic hydroxyl groups is 1. The molecule has 0 amide bonds. The molecule has 0 unspecified atom stereocenters. The Morgan fingerprint density at radius 3 is 1.94 bits per heavy atom. The second kappa shape index (κ2) is 12.3. The molecule has 2 aromatic carbocycles. The number of methoxy groups -OCH3 is 1. The van der Waals surface area contributed by atoms with Gasteiger partial charge in [0.1, 0.15) is 31.0 Å². The lowest BCUT2D eigenvalue weighted by Gasteiger charge is -2.43. The highest BCUT2D eigenvalue weighted by Crippen LogP contribution is 2.31. The van der Waals surface area contributed by atoms with Crippen LogP contribution < -0.4 is 0 Å². The Hall–Kier alpha value is -1.42. The van der Waals surface area contributed by atoms with Crippen LogP contribution in [0.1, 0.15) is 11.1 Å². The van der Waals surface area contributed by atoms with E-state index in [9.17, 15) is 5.11 Å². The highest BCUT2D eigenvalue weighted by Gasteiger charge is 2.48. The minimum atomic E-state index is -2.02. The Morgan fingerprint density at radius 2 is 1.45 bits per heavy atom. The van der Waals surface area contributed by atoms with Crippen molar-refractivity contribution in [3.8, 4) is 0 Å². The van der Waals surface area contributed by atoms with Crippen LogP contribution in [0.15, 0.2) is 60.7 Å². The fourth-order valence-corrected chi connectivity index (χ4v) is 3.53. The van der Waals surface area contributed by atoms with Crippen molar-refractivity contribution in [3.63, 3.8) is 0 Å². The molecule has 1 heterocycles. The lowest BCUT2D eigenvalue weighted by molar-refractivity contribution is -0.313. The fraction of sp³-hybridized carbons (Fsp3) is 0.435. The molecule has 180 valence electrons. The number of alkyl halides is 3. The Morgan fingerprint density at radius 1 is 0.939 bits per heavy atom. The minimum Gasteiger partial charge on any atom is -0.475 e. The van der Waals surface area contributed by atoms with Crippen molar-refractivity contribution >= 4 is 40.7 Å². The topological polar surface area (TPSA) is 90.2 Å². The molecule has 33 heavy (non-hydrogen) atoms. The largest absolute Gasteiger partial charge is 0.475 e. The summed E-state index contributed by atoms with van der Waals surface area (Å²) in [6, 6.07) is 19.2. The molecule has 0 spiro atoms. The number of rotatable bonds is 9. The highest BCUT2D eigenvalue weighted by molar-refractivity contribution is 6.76. The summed E-state index contributed by atoms with van der Waals surface area (Å²) in [4.78, 5) is 0. The van der Waals surface area contributed by atoms with Crippen LogP contribution in [-0.2, 0) is 36.9 Å². The Bertz CT molecular complexity index is 868. The molecule has 2 N–H and O–H groups in total. The molecule has 1 aliphatic rings. The van der Waals surface area contributed by atoms with Gasteiger partial charge >= 0.3 is 0 Å². The normalized spacial score (nSPS) is 25.5. The van der Waals surface area contributed by atoms with Crippen LogP contribution in [0.3, 0.4) is 0 Å². The molecule has 7 nitrogen and oxygen atoms in total. The molecule has 0 aliphatic carbocycles. The molecule has 3 rings (SSSR count). The molecule has 1 saturated heterocycles. The number of halogens is 3. The first-order valence-corrected chi connectivity index (χ1v) is 11.4. The van der Waals surface area contributed by atoms with Crippen LogP contribution in [0.5, 0.6) is 0 Å². The van der Waals surface area contributed by atoms with E-state index in [-0.39, 0.29) is 19.8 Å². The quantitative estimate of drug-likeness (QED) is 0.293. The first-order chi connectivity index (χ1) is 15.8. The molecule has 2 aromatic rings. The first kappa shape index (κ1) is 26.2. The monoisotopic (exact) mass is 517 g/mol. The molecule has 10 heteroatoms. The average molecular weight is 519 g/mol. The Labute approximate surface area is 207 Å². The van der Waals surface area contributed by atoms with E-state index < -0.39 is 40.4 Å². The third-order valence-corrected chi connectivity index (χ3v) is 5.59. The van der Waals surface area contributed by atoms with Crippen molar-refractivity contribution < 1.29 is 28.8 Å². The summed E-state index contributed by atoms with van der Waals surface area (Å²) < 4.78 is 26.8. The van der Waals surface area contributed by atoms with Crippen molar-refractivity contribution in [3.05, 3.63) is 71.8 Å². The lowest BCUT2D eigenvalue weighted by Crippen LogP contribution is -2.61. The van der Waals surface area contributed by atoms with Gasteiger partial charge in [-0.15, -0.1) is 0 Å². The highest BCUT2D eigenvalue weighted by atomic mass is 35.6. The zero-order valence-corrected chi connectivity index (χ0v) is 20.2. The number of aliphatic hydroxyl groups excluding tert-OH is 1. The molecule has 0 aromatic heterocycles. The van der Waals surface area contributed by atoms with Gasteiger partial charge in [0.2, 0.25) is 5.90 Å². The zero-order chi connectivity index (χ0) is 23.8. The summed E-state index contributed by atoms with van der Waals surface area (Å²) in [5, 5.41) is 18.8. The molecular weight excluding hydrogens is 493 g/mol. The maximum atomic E-state index is 11.1. The van der Waals surface area contributed by atoms with Gasteiger partial charge in [-0.25, -0.2) is 0 Å². The van der Waals surface area contributed by atoms with Crippen molar-refractivity contribution in [1.29, 1.82) is 5.41 Å². The fourth-order valence-electron chi connectivity index (χ4n) is 3.37. The van der Waals surface area contributed by atoms with Crippen molar-refractivity contribution in [2.24, 2.45) is 0 Å². The standard InChI is InChI=1S/C23H26Cl3NO6/c1-29-21-20(31-13-16-10-6-3-7-11-16)19(30-12-15-8-4-2-5-9-15)18(28)17(33-21)14-32-22(27)23(24,25)26/h2-11,17-21,27-28H,12-14H2,1H3/t17-,18-,19+,20+,21+/m1/s1. The Balaban J connectivity index is 1.75. The van der Waals surface area contributed by atoms with Gasteiger partial charge < -0.3 is 28.8 Å². The first-order valence-electron chi connectivity index (χ1n) is 10.3. The zero-order valence-electron chi connectivity index (χ0n) is 17.9. The van der Waals surface area contributed by atoms with E-state index >= 15 is 0 Å². The second-order valence-corrected chi connectivity index (χ2v) is 9.71. The van der Waals surface area contributed by atoms with E-state index in [4.69, 9.17) is 63.9 Å². The number of hydrogen-bond donors (Lipinski definition) is 2. The van der Waals surface area contributed by atoms with Crippen molar-refractivity contribution in [2.75, 3.05) is 13.7 Å². The van der Waals surface area contributed by atoms with E-state index in [0.29, 0.717) is 0 Å². The third kappa shape index (κ3) is 7.53. The maximum Gasteiger partial charge on any atom is 0.265 e. The maximum absolute atomic E-state index is 11.1. The van der Waals surface area contributed by atoms with Crippen LogP contribution in [-0.4, -0.2) is 59.2 Å². The van der Waals surface area contributed by atoms with Crippen LogP contribution in [0.2, 0.25) is 0 Å². The van der Waals surface area contributed by atoms with Gasteiger partial charge in [0.25, 0.3) is 3.79 Å². The summed E-state index contributed by atoms with van der Waals surface area (Å²) in [6.45, 7) is 0.262. The summed E-state index contributed by atoms with van der Waals surface area (Å²) >= 11 is 17.0. The average Bonchev–Trinajstić information content (AvgIpc) is 2.81. The van der Waals surface area contributed by atoms with E-state index in [1.807, 2.05) is 60.7 Å². The van der Waals surface area contributed by atoms with Crippen molar-refractivity contribution in [1.82, 2.24) is 0 Å². The number of benzene rings is 2. The van der Waals surface area contributed by atoms with Crippen molar-refractivity contribution in [2.45, 2.75) is 47.7 Å². The van der Waals surface area contributed by atoms with Gasteiger partial charge in [0.15, 0.2) is 6.29 Å². The summed E-state index contributed by atoms with van der Waals surface area (Å²) in [6.07, 6.45) is -4.50. The molecule has 0 saturated carbocycles. The van der Waals surface area contributed by atoms with E-state index in [0.717, 1.165) is 11.1 Å². The van der Waals surface area contributed by atoms with Gasteiger partial charge in [-0.05, 0) is 11.1 Å². The predicted octanol–water partition coefficient (Wildman–Crippen LogP) is 4.25. The molecule has 0 bridgehead atoms. The molecule has 1 fully saturated rings. The molecular formula is C23H26Cl3NO6.